The van der Waals surface area contributed by atoms with E-state index >= 15 is 0 Å². The van der Waals surface area contributed by atoms with Gasteiger partial charge in [-0.25, -0.2) is 13.4 Å². The van der Waals surface area contributed by atoms with E-state index in [2.05, 4.69) is 23.2 Å². The van der Waals surface area contributed by atoms with E-state index < -0.39 is 10.0 Å². The first-order valence-corrected chi connectivity index (χ1v) is 14.6. The van der Waals surface area contributed by atoms with Gasteiger partial charge in [-0.1, -0.05) is 73.7 Å². The van der Waals surface area contributed by atoms with Crippen molar-refractivity contribution in [2.24, 2.45) is 4.99 Å². The van der Waals surface area contributed by atoms with Crippen molar-refractivity contribution in [3.8, 4) is 0 Å². The van der Waals surface area contributed by atoms with Crippen LogP contribution < -0.4 is 0 Å². The minimum absolute atomic E-state index is 0.299. The molecule has 35 heavy (non-hydrogen) atoms. The highest BCUT2D eigenvalue weighted by Gasteiger charge is 2.45. The second kappa shape index (κ2) is 9.81. The Morgan fingerprint density at radius 2 is 1.51 bits per heavy atom. The quantitative estimate of drug-likeness (QED) is 0.500. The van der Waals surface area contributed by atoms with Crippen LogP contribution >= 0.6 is 0 Å². The van der Waals surface area contributed by atoms with Crippen LogP contribution in [0.15, 0.2) is 70.7 Å². The molecular weight excluding hydrogens is 454 g/mol. The van der Waals surface area contributed by atoms with Gasteiger partial charge in [0.25, 0.3) is 10.0 Å². The van der Waals surface area contributed by atoms with Gasteiger partial charge in [-0.3, -0.25) is 4.31 Å². The summed E-state index contributed by atoms with van der Waals surface area (Å²) in [5.74, 6) is 0.561. The van der Waals surface area contributed by atoms with Gasteiger partial charge >= 0.3 is 0 Å². The molecule has 3 aliphatic rings. The fourth-order valence-electron chi connectivity index (χ4n) is 5.97. The number of rotatable bonds is 4. The topological polar surface area (TPSA) is 53.0 Å². The monoisotopic (exact) mass is 491 g/mol. The zero-order valence-corrected chi connectivity index (χ0v) is 21.8. The summed E-state index contributed by atoms with van der Waals surface area (Å²) in [4.78, 5) is 8.26. The van der Waals surface area contributed by atoms with E-state index in [0.717, 1.165) is 42.4 Å². The Morgan fingerprint density at radius 3 is 2.17 bits per heavy atom. The van der Waals surface area contributed by atoms with Crippen LogP contribution in [-0.2, 0) is 10.0 Å². The van der Waals surface area contributed by atoms with E-state index in [4.69, 9.17) is 4.99 Å². The average Bonchev–Trinajstić information content (AvgIpc) is 2.90. The number of hydrogen-bond donors (Lipinski definition) is 0. The molecule has 0 amide bonds. The molecule has 2 saturated carbocycles. The molecule has 1 heterocycles. The number of likely N-dealkylation sites (N-methyl/N-ethyl adjacent to an activating group) is 1. The summed E-state index contributed by atoms with van der Waals surface area (Å²) in [6, 6.07) is 17.7. The SMILES string of the molecule is Cc1ccc(S(=O)(=O)N(C)C2=NC3(CCCCC3)N(C3CCCCC3)C=C2c2ccccc2)cc1. The van der Waals surface area contributed by atoms with Gasteiger partial charge in [-0.15, -0.1) is 0 Å². The van der Waals surface area contributed by atoms with Crippen molar-refractivity contribution in [2.45, 2.75) is 87.7 Å². The summed E-state index contributed by atoms with van der Waals surface area (Å²) < 4.78 is 29.0. The summed E-state index contributed by atoms with van der Waals surface area (Å²) in [7, 11) is -2.09. The fourth-order valence-corrected chi connectivity index (χ4v) is 7.13. The summed E-state index contributed by atoms with van der Waals surface area (Å²) in [6.45, 7) is 1.97. The largest absolute Gasteiger partial charge is 0.350 e. The predicted octanol–water partition coefficient (Wildman–Crippen LogP) is 6.36. The van der Waals surface area contributed by atoms with Gasteiger partial charge in [0.2, 0.25) is 0 Å². The van der Waals surface area contributed by atoms with Crippen molar-refractivity contribution in [2.75, 3.05) is 7.05 Å². The number of hydrogen-bond acceptors (Lipinski definition) is 4. The Hall–Kier alpha value is -2.60. The van der Waals surface area contributed by atoms with Crippen molar-refractivity contribution in [1.29, 1.82) is 0 Å². The first kappa shape index (κ1) is 24.1. The molecule has 0 saturated heterocycles. The lowest BCUT2D eigenvalue weighted by Gasteiger charge is -2.51. The summed E-state index contributed by atoms with van der Waals surface area (Å²) in [5.41, 5.74) is 2.58. The maximum Gasteiger partial charge on any atom is 0.265 e. The zero-order chi connectivity index (χ0) is 24.5. The minimum atomic E-state index is -3.75. The Balaban J connectivity index is 1.63. The van der Waals surface area contributed by atoms with Crippen LogP contribution in [0, 0.1) is 6.92 Å². The van der Waals surface area contributed by atoms with Crippen LogP contribution in [0.4, 0.5) is 0 Å². The van der Waals surface area contributed by atoms with Crippen molar-refractivity contribution in [3.63, 3.8) is 0 Å². The lowest BCUT2D eigenvalue weighted by atomic mass is 9.83. The molecule has 5 nitrogen and oxygen atoms in total. The lowest BCUT2D eigenvalue weighted by Crippen LogP contribution is -2.55. The van der Waals surface area contributed by atoms with Crippen LogP contribution in [0.25, 0.3) is 5.57 Å². The fraction of sp³-hybridized carbons (Fsp3) is 0.483. The van der Waals surface area contributed by atoms with Crippen LogP contribution in [0.5, 0.6) is 0 Å². The molecule has 6 heteroatoms. The maximum atomic E-state index is 13.8. The number of nitrogens with zero attached hydrogens (tertiary/aromatic N) is 3. The highest BCUT2D eigenvalue weighted by molar-refractivity contribution is 7.89. The summed E-state index contributed by atoms with van der Waals surface area (Å²) >= 11 is 0. The van der Waals surface area contributed by atoms with Crippen molar-refractivity contribution in [1.82, 2.24) is 9.21 Å². The van der Waals surface area contributed by atoms with Gasteiger partial charge in [0.15, 0.2) is 0 Å². The molecule has 0 unspecified atom stereocenters. The van der Waals surface area contributed by atoms with E-state index in [1.807, 2.05) is 37.3 Å². The van der Waals surface area contributed by atoms with Crippen LogP contribution in [0.2, 0.25) is 0 Å². The lowest BCUT2D eigenvalue weighted by molar-refractivity contribution is 0.0471. The van der Waals surface area contributed by atoms with E-state index in [1.54, 1.807) is 19.2 Å². The molecular formula is C29H37N3O2S. The summed E-state index contributed by atoms with van der Waals surface area (Å²) in [6.07, 6.45) is 13.9. The minimum Gasteiger partial charge on any atom is -0.350 e. The Kier molecular flexibility index (Phi) is 6.75. The van der Waals surface area contributed by atoms with Crippen molar-refractivity contribution >= 4 is 21.4 Å². The number of amidine groups is 1. The van der Waals surface area contributed by atoms with Gasteiger partial charge in [-0.2, -0.15) is 0 Å². The molecule has 5 rings (SSSR count). The van der Waals surface area contributed by atoms with Crippen LogP contribution in [0.3, 0.4) is 0 Å². The second-order valence-electron chi connectivity index (χ2n) is 10.4. The smallest absolute Gasteiger partial charge is 0.265 e. The molecule has 0 bridgehead atoms. The number of aliphatic imine (C=N–C) groups is 1. The molecule has 186 valence electrons. The highest BCUT2D eigenvalue weighted by Crippen LogP contribution is 2.44. The van der Waals surface area contributed by atoms with E-state index in [-0.39, 0.29) is 5.66 Å². The number of aryl methyl sites for hydroxylation is 1. The van der Waals surface area contributed by atoms with E-state index in [0.29, 0.717) is 16.8 Å². The number of benzene rings is 2. The van der Waals surface area contributed by atoms with Gasteiger partial charge in [0, 0.05) is 24.9 Å². The third-order valence-corrected chi connectivity index (χ3v) is 9.75. The van der Waals surface area contributed by atoms with Gasteiger partial charge in [-0.05, 0) is 63.1 Å². The van der Waals surface area contributed by atoms with E-state index in [9.17, 15) is 8.42 Å². The zero-order valence-electron chi connectivity index (χ0n) is 21.0. The first-order chi connectivity index (χ1) is 16.9. The van der Waals surface area contributed by atoms with Crippen molar-refractivity contribution in [3.05, 3.63) is 71.9 Å². The Bertz CT molecular complexity index is 1190. The van der Waals surface area contributed by atoms with Gasteiger partial charge in [0.1, 0.15) is 11.5 Å². The molecule has 0 atom stereocenters. The van der Waals surface area contributed by atoms with Crippen LogP contribution in [0.1, 0.15) is 75.3 Å². The Morgan fingerprint density at radius 1 is 0.886 bits per heavy atom. The molecule has 2 fully saturated rings. The standard InChI is InChI=1S/C29H37N3O2S/c1-23-16-18-26(19-17-23)35(33,34)31(2)28-27(24-12-6-3-7-13-24)22-32(25-14-8-4-9-15-25)29(30-28)20-10-5-11-21-29/h3,6-7,12-13,16-19,22,25H,4-5,8-11,14-15,20-21H2,1-2H3. The molecule has 2 aliphatic carbocycles. The second-order valence-corrected chi connectivity index (χ2v) is 12.3. The average molecular weight is 492 g/mol. The normalized spacial score (nSPS) is 20.9. The summed E-state index contributed by atoms with van der Waals surface area (Å²) in [5, 5.41) is 0. The molecule has 0 aromatic heterocycles. The molecule has 1 spiro atoms. The highest BCUT2D eigenvalue weighted by atomic mass is 32.2. The Labute approximate surface area is 210 Å². The van der Waals surface area contributed by atoms with Crippen LogP contribution in [-0.4, -0.2) is 42.2 Å². The number of sulfonamides is 1. The molecule has 0 radical (unpaired) electrons. The molecule has 1 aliphatic heterocycles. The van der Waals surface area contributed by atoms with Crippen molar-refractivity contribution < 1.29 is 8.42 Å². The third kappa shape index (κ3) is 4.65. The molecule has 0 N–H and O–H groups in total. The first-order valence-electron chi connectivity index (χ1n) is 13.1. The third-order valence-electron chi connectivity index (χ3n) is 7.99. The van der Waals surface area contributed by atoms with Gasteiger partial charge in [0.05, 0.1) is 4.90 Å². The van der Waals surface area contributed by atoms with E-state index in [1.165, 1.54) is 42.8 Å². The molecule has 2 aromatic rings. The maximum absolute atomic E-state index is 13.8. The predicted molar refractivity (Wildman–Crippen MR) is 143 cm³/mol. The van der Waals surface area contributed by atoms with Gasteiger partial charge < -0.3 is 4.90 Å². The molecule has 2 aromatic carbocycles.